The Bertz CT molecular complexity index is 1070. The fourth-order valence-electron chi connectivity index (χ4n) is 3.91. The second-order valence-electron chi connectivity index (χ2n) is 8.55. The van der Waals surface area contributed by atoms with Crippen LogP contribution in [0, 0.1) is 0 Å². The number of halogens is 1. The van der Waals surface area contributed by atoms with E-state index in [2.05, 4.69) is 15.6 Å². The van der Waals surface area contributed by atoms with E-state index in [1.54, 1.807) is 0 Å². The van der Waals surface area contributed by atoms with E-state index in [0.717, 1.165) is 47.8 Å². The molecule has 0 saturated carbocycles. The average Bonchev–Trinajstić information content (AvgIpc) is 2.89. The van der Waals surface area contributed by atoms with Gasteiger partial charge in [-0.2, -0.15) is 0 Å². The van der Waals surface area contributed by atoms with Crippen molar-refractivity contribution < 1.29 is 19.4 Å². The van der Waals surface area contributed by atoms with Gasteiger partial charge in [-0.1, -0.05) is 60.1 Å². The van der Waals surface area contributed by atoms with Gasteiger partial charge in [0.1, 0.15) is 12.1 Å². The van der Waals surface area contributed by atoms with Gasteiger partial charge in [0.15, 0.2) is 0 Å². The Labute approximate surface area is 216 Å². The molecule has 3 aromatic rings. The molecule has 1 amide bonds. The summed E-state index contributed by atoms with van der Waals surface area (Å²) in [6.07, 6.45) is 4.33. The monoisotopic (exact) mass is 509 g/mol. The van der Waals surface area contributed by atoms with E-state index in [1.807, 2.05) is 79.0 Å². The first-order chi connectivity index (χ1) is 17.4. The third kappa shape index (κ3) is 9.07. The van der Waals surface area contributed by atoms with Gasteiger partial charge in [0, 0.05) is 24.6 Å². The SMILES string of the molecule is CC(=O)NC(Cc1ccccc1)C(=O)O.Clc1ccc([C@H](OC2CCNCC2)c2ccccn2)cc1. The molecular formula is C28H32ClN3O4. The number of aliphatic carboxylic acids is 1. The van der Waals surface area contributed by atoms with E-state index < -0.39 is 12.0 Å². The van der Waals surface area contributed by atoms with Crippen LogP contribution < -0.4 is 10.6 Å². The first kappa shape index (κ1) is 27.3. The maximum atomic E-state index is 10.8. The lowest BCUT2D eigenvalue weighted by atomic mass is 10.0. The lowest BCUT2D eigenvalue weighted by Crippen LogP contribution is -2.41. The summed E-state index contributed by atoms with van der Waals surface area (Å²) in [5.74, 6) is -1.35. The fraction of sp³-hybridized carbons (Fsp3) is 0.321. The van der Waals surface area contributed by atoms with Crippen molar-refractivity contribution in [3.05, 3.63) is 101 Å². The standard InChI is InChI=1S/C17H19ClN2O.C11H13NO3/c18-14-6-4-13(5-7-14)17(16-3-1-2-10-20-16)21-15-8-11-19-12-9-15;1-8(13)12-10(11(14)15)7-9-5-3-2-4-6-9/h1-7,10,15,17,19H,8-9,11-12H2;2-6,10H,7H2,1H3,(H,12,13)(H,14,15)/t17-;/m0./s1. The Balaban J connectivity index is 0.000000214. The molecule has 0 radical (unpaired) electrons. The van der Waals surface area contributed by atoms with Crippen molar-refractivity contribution >= 4 is 23.5 Å². The number of benzene rings is 2. The average molecular weight is 510 g/mol. The summed E-state index contributed by atoms with van der Waals surface area (Å²) >= 11 is 5.99. The molecule has 1 aliphatic rings. The van der Waals surface area contributed by atoms with Crippen molar-refractivity contribution in [1.29, 1.82) is 0 Å². The van der Waals surface area contributed by atoms with Crippen molar-refractivity contribution in [1.82, 2.24) is 15.6 Å². The topological polar surface area (TPSA) is 101 Å². The van der Waals surface area contributed by atoms with Gasteiger partial charge in [-0.25, -0.2) is 4.79 Å². The highest BCUT2D eigenvalue weighted by atomic mass is 35.5. The molecule has 0 bridgehead atoms. The molecule has 1 aromatic heterocycles. The number of nitrogens with zero attached hydrogens (tertiary/aromatic N) is 1. The first-order valence-corrected chi connectivity index (χ1v) is 12.4. The van der Waals surface area contributed by atoms with Crippen LogP contribution in [0.1, 0.15) is 42.7 Å². The number of rotatable bonds is 8. The van der Waals surface area contributed by atoms with Gasteiger partial charge in [0.05, 0.1) is 11.8 Å². The van der Waals surface area contributed by atoms with E-state index in [9.17, 15) is 9.59 Å². The number of carboxylic acids is 1. The minimum absolute atomic E-state index is 0.133. The summed E-state index contributed by atoms with van der Waals surface area (Å²) < 4.78 is 6.36. The number of carbonyl (C=O) groups excluding carboxylic acids is 1. The minimum atomic E-state index is -1.02. The molecule has 1 unspecified atom stereocenters. The van der Waals surface area contributed by atoms with Crippen molar-refractivity contribution in [3.63, 3.8) is 0 Å². The van der Waals surface area contributed by atoms with Crippen LogP contribution in [0.2, 0.25) is 5.02 Å². The molecule has 3 N–H and O–H groups in total. The molecule has 7 nitrogen and oxygen atoms in total. The summed E-state index contributed by atoms with van der Waals surface area (Å²) in [6.45, 7) is 3.33. The van der Waals surface area contributed by atoms with Crippen molar-refractivity contribution in [3.8, 4) is 0 Å². The predicted octanol–water partition coefficient (Wildman–Crippen LogP) is 4.41. The second-order valence-corrected chi connectivity index (χ2v) is 8.99. The number of pyridine rings is 1. The molecule has 36 heavy (non-hydrogen) atoms. The van der Waals surface area contributed by atoms with Gasteiger partial charge in [-0.05, 0) is 61.3 Å². The number of nitrogens with one attached hydrogen (secondary N) is 2. The molecule has 1 fully saturated rings. The lowest BCUT2D eigenvalue weighted by Gasteiger charge is -2.28. The minimum Gasteiger partial charge on any atom is -0.480 e. The van der Waals surface area contributed by atoms with Crippen LogP contribution >= 0.6 is 11.6 Å². The second kappa shape index (κ2) is 14.3. The molecule has 1 aliphatic heterocycles. The summed E-state index contributed by atoms with van der Waals surface area (Å²) in [4.78, 5) is 26.1. The molecule has 1 saturated heterocycles. The largest absolute Gasteiger partial charge is 0.480 e. The Hall–Kier alpha value is -3.26. The Morgan fingerprint density at radius 3 is 2.31 bits per heavy atom. The predicted molar refractivity (Wildman–Crippen MR) is 140 cm³/mol. The van der Waals surface area contributed by atoms with E-state index in [1.165, 1.54) is 6.92 Å². The normalized spacial score (nSPS) is 15.2. The molecular weight excluding hydrogens is 478 g/mol. The number of amides is 1. The molecule has 2 aromatic carbocycles. The highest BCUT2D eigenvalue weighted by Gasteiger charge is 2.23. The van der Waals surface area contributed by atoms with Gasteiger partial charge in [0.2, 0.25) is 5.91 Å². The smallest absolute Gasteiger partial charge is 0.326 e. The zero-order chi connectivity index (χ0) is 25.8. The van der Waals surface area contributed by atoms with Crippen LogP contribution in [0.3, 0.4) is 0 Å². The third-order valence-electron chi connectivity index (χ3n) is 5.70. The zero-order valence-electron chi connectivity index (χ0n) is 20.3. The van der Waals surface area contributed by atoms with Crippen LogP contribution in [0.25, 0.3) is 0 Å². The number of hydrogen-bond donors (Lipinski definition) is 3. The highest BCUT2D eigenvalue weighted by molar-refractivity contribution is 6.30. The fourth-order valence-corrected chi connectivity index (χ4v) is 4.03. The maximum absolute atomic E-state index is 10.8. The van der Waals surface area contributed by atoms with Crippen molar-refractivity contribution in [2.45, 2.75) is 44.4 Å². The molecule has 0 spiro atoms. The highest BCUT2D eigenvalue weighted by Crippen LogP contribution is 2.28. The van der Waals surface area contributed by atoms with Gasteiger partial charge in [-0.15, -0.1) is 0 Å². The Morgan fingerprint density at radius 1 is 1.06 bits per heavy atom. The van der Waals surface area contributed by atoms with Crippen LogP contribution in [-0.4, -0.2) is 47.2 Å². The first-order valence-electron chi connectivity index (χ1n) is 12.0. The number of aromatic nitrogens is 1. The van der Waals surface area contributed by atoms with Gasteiger partial charge in [-0.3, -0.25) is 9.78 Å². The summed E-state index contributed by atoms with van der Waals surface area (Å²) in [5, 5.41) is 15.4. The van der Waals surface area contributed by atoms with E-state index in [-0.39, 0.29) is 18.1 Å². The zero-order valence-corrected chi connectivity index (χ0v) is 21.0. The van der Waals surface area contributed by atoms with Crippen LogP contribution in [0.4, 0.5) is 0 Å². The molecule has 8 heteroatoms. The van der Waals surface area contributed by atoms with E-state index in [4.69, 9.17) is 21.4 Å². The van der Waals surface area contributed by atoms with Crippen molar-refractivity contribution in [2.75, 3.05) is 13.1 Å². The third-order valence-corrected chi connectivity index (χ3v) is 5.95. The number of piperidine rings is 1. The van der Waals surface area contributed by atoms with Crippen LogP contribution in [0.5, 0.6) is 0 Å². The quantitative estimate of drug-likeness (QED) is 0.416. The molecule has 4 rings (SSSR count). The van der Waals surface area contributed by atoms with Crippen molar-refractivity contribution in [2.24, 2.45) is 0 Å². The molecule has 0 aliphatic carbocycles. The van der Waals surface area contributed by atoms with Gasteiger partial charge in [0.25, 0.3) is 0 Å². The lowest BCUT2D eigenvalue weighted by molar-refractivity contribution is -0.141. The molecule has 190 valence electrons. The molecule has 2 atom stereocenters. The Morgan fingerprint density at radius 2 is 1.72 bits per heavy atom. The van der Waals surface area contributed by atoms with Crippen LogP contribution in [0.15, 0.2) is 79.0 Å². The number of hydrogen-bond acceptors (Lipinski definition) is 5. The Kier molecular flexibility index (Phi) is 10.9. The number of ether oxygens (including phenoxy) is 1. The van der Waals surface area contributed by atoms with Gasteiger partial charge < -0.3 is 20.5 Å². The van der Waals surface area contributed by atoms with E-state index >= 15 is 0 Å². The summed E-state index contributed by atoms with van der Waals surface area (Å²) in [7, 11) is 0. The number of carboxylic acid groups (broad SMARTS) is 1. The summed E-state index contributed by atoms with van der Waals surface area (Å²) in [6, 6.07) is 22.1. The summed E-state index contributed by atoms with van der Waals surface area (Å²) in [5.41, 5.74) is 2.92. The number of carbonyl (C=O) groups is 2. The van der Waals surface area contributed by atoms with Crippen LogP contribution in [-0.2, 0) is 20.7 Å². The molecule has 2 heterocycles. The van der Waals surface area contributed by atoms with E-state index in [0.29, 0.717) is 6.42 Å². The van der Waals surface area contributed by atoms with Gasteiger partial charge >= 0.3 is 5.97 Å². The maximum Gasteiger partial charge on any atom is 0.326 e.